The average Bonchev–Trinajstić information content (AvgIpc) is 3.06. The number of carbonyl (C=O) groups excluding carboxylic acids is 1. The van der Waals surface area contributed by atoms with E-state index >= 15 is 0 Å². The second-order valence-corrected chi connectivity index (χ2v) is 6.44. The van der Waals surface area contributed by atoms with Gasteiger partial charge in [-0.15, -0.1) is 0 Å². The Morgan fingerprint density at radius 2 is 2.19 bits per heavy atom. The highest BCUT2D eigenvalue weighted by molar-refractivity contribution is 5.95. The molecule has 0 saturated carbocycles. The van der Waals surface area contributed by atoms with Crippen LogP contribution in [0.4, 0.5) is 5.69 Å². The molecule has 1 aromatic carbocycles. The van der Waals surface area contributed by atoms with Crippen molar-refractivity contribution < 1.29 is 13.9 Å². The number of ether oxygens (including phenoxy) is 1. The first-order valence-corrected chi connectivity index (χ1v) is 7.27. The number of oxazole rings is 1. The summed E-state index contributed by atoms with van der Waals surface area (Å²) in [5.41, 5.74) is 2.07. The molecule has 5 nitrogen and oxygen atoms in total. The van der Waals surface area contributed by atoms with Gasteiger partial charge in [-0.3, -0.25) is 4.79 Å². The molecule has 21 heavy (non-hydrogen) atoms. The van der Waals surface area contributed by atoms with Crippen LogP contribution in [0.1, 0.15) is 39.5 Å². The fraction of sp³-hybridized carbons (Fsp3) is 0.500. The maximum absolute atomic E-state index is 12.0. The maximum Gasteiger partial charge on any atom is 0.253 e. The molecule has 1 N–H and O–H groups in total. The predicted octanol–water partition coefficient (Wildman–Crippen LogP) is 3.24. The van der Waals surface area contributed by atoms with Crippen LogP contribution in [-0.2, 0) is 14.9 Å². The van der Waals surface area contributed by atoms with Crippen molar-refractivity contribution >= 4 is 22.7 Å². The molecule has 0 unspecified atom stereocenters. The van der Waals surface area contributed by atoms with Crippen LogP contribution < -0.4 is 5.32 Å². The molecule has 1 amide bonds. The lowest BCUT2D eigenvalue weighted by Crippen LogP contribution is -2.26. The van der Waals surface area contributed by atoms with Crippen molar-refractivity contribution in [2.45, 2.75) is 45.1 Å². The summed E-state index contributed by atoms with van der Waals surface area (Å²) in [4.78, 5) is 16.5. The lowest BCUT2D eigenvalue weighted by molar-refractivity contribution is -0.124. The van der Waals surface area contributed by atoms with Crippen molar-refractivity contribution in [2.24, 2.45) is 0 Å². The van der Waals surface area contributed by atoms with E-state index in [1.54, 1.807) is 0 Å². The number of carbonyl (C=O) groups is 1. The number of anilines is 1. The number of nitrogens with zero attached hydrogens (tertiary/aromatic N) is 1. The largest absolute Gasteiger partial charge is 0.440 e. The minimum absolute atomic E-state index is 0.0913. The number of fused-ring (bicyclic) bond motifs is 1. The summed E-state index contributed by atoms with van der Waals surface area (Å²) < 4.78 is 11.1. The van der Waals surface area contributed by atoms with Gasteiger partial charge in [0.1, 0.15) is 11.6 Å². The number of benzene rings is 1. The summed E-state index contributed by atoms with van der Waals surface area (Å²) in [6.07, 6.45) is 1.39. The van der Waals surface area contributed by atoms with Gasteiger partial charge in [0.15, 0.2) is 5.58 Å². The Bertz CT molecular complexity index is 664. The van der Waals surface area contributed by atoms with Gasteiger partial charge in [0, 0.05) is 17.7 Å². The average molecular weight is 288 g/mol. The number of aromatic nitrogens is 1. The van der Waals surface area contributed by atoms with Crippen LogP contribution in [0.2, 0.25) is 0 Å². The summed E-state index contributed by atoms with van der Waals surface area (Å²) in [7, 11) is 0. The number of nitrogens with one attached hydrogen (secondary N) is 1. The lowest BCUT2D eigenvalue weighted by atomic mass is 9.97. The van der Waals surface area contributed by atoms with Crippen molar-refractivity contribution in [1.82, 2.24) is 4.98 Å². The van der Waals surface area contributed by atoms with Crippen LogP contribution in [-0.4, -0.2) is 23.6 Å². The van der Waals surface area contributed by atoms with E-state index in [1.807, 2.05) is 18.2 Å². The molecule has 1 saturated heterocycles. The van der Waals surface area contributed by atoms with Gasteiger partial charge >= 0.3 is 0 Å². The predicted molar refractivity (Wildman–Crippen MR) is 80.3 cm³/mol. The molecule has 0 spiro atoms. The monoisotopic (exact) mass is 288 g/mol. The standard InChI is InChI=1S/C16H20N2O3/c1-16(2,3)15-18-11-9-10(6-7-12(11)21-15)17-14(19)13-5-4-8-20-13/h6-7,9,13H,4-5,8H2,1-3H3,(H,17,19)/t13-/m1/s1. The zero-order valence-electron chi connectivity index (χ0n) is 12.6. The van der Waals surface area contributed by atoms with Gasteiger partial charge in [-0.05, 0) is 31.0 Å². The van der Waals surface area contributed by atoms with Crippen molar-refractivity contribution in [1.29, 1.82) is 0 Å². The van der Waals surface area contributed by atoms with Gasteiger partial charge in [0.05, 0.1) is 0 Å². The van der Waals surface area contributed by atoms with Gasteiger partial charge in [-0.25, -0.2) is 4.98 Å². The first-order valence-electron chi connectivity index (χ1n) is 7.27. The number of hydrogen-bond acceptors (Lipinski definition) is 4. The van der Waals surface area contributed by atoms with Crippen LogP contribution in [0.5, 0.6) is 0 Å². The summed E-state index contributed by atoms with van der Waals surface area (Å²) >= 11 is 0. The Morgan fingerprint density at radius 1 is 1.38 bits per heavy atom. The molecule has 1 aliphatic heterocycles. The van der Waals surface area contributed by atoms with E-state index in [9.17, 15) is 4.79 Å². The van der Waals surface area contributed by atoms with Crippen LogP contribution in [0.15, 0.2) is 22.6 Å². The summed E-state index contributed by atoms with van der Waals surface area (Å²) in [6, 6.07) is 5.50. The zero-order chi connectivity index (χ0) is 15.0. The summed E-state index contributed by atoms with van der Waals surface area (Å²) in [5, 5.41) is 2.88. The Hall–Kier alpha value is -1.88. The van der Waals surface area contributed by atoms with E-state index in [0.29, 0.717) is 12.5 Å². The smallest absolute Gasteiger partial charge is 0.253 e. The van der Waals surface area contributed by atoms with E-state index in [2.05, 4.69) is 31.1 Å². The molecule has 0 radical (unpaired) electrons. The van der Waals surface area contributed by atoms with E-state index in [0.717, 1.165) is 29.6 Å². The van der Waals surface area contributed by atoms with E-state index in [1.165, 1.54) is 0 Å². The summed E-state index contributed by atoms with van der Waals surface area (Å²) in [6.45, 7) is 6.82. The zero-order valence-corrected chi connectivity index (χ0v) is 12.6. The minimum atomic E-state index is -0.330. The van der Waals surface area contributed by atoms with Gasteiger partial charge in [-0.1, -0.05) is 20.8 Å². The summed E-state index contributed by atoms with van der Waals surface area (Å²) in [5.74, 6) is 0.603. The highest BCUT2D eigenvalue weighted by Crippen LogP contribution is 2.27. The highest BCUT2D eigenvalue weighted by Gasteiger charge is 2.24. The molecule has 5 heteroatoms. The SMILES string of the molecule is CC(C)(C)c1nc2cc(NC(=O)[C@H]3CCCO3)ccc2o1. The Balaban J connectivity index is 1.82. The molecule has 0 aliphatic carbocycles. The molecule has 1 fully saturated rings. The number of rotatable bonds is 2. The molecule has 112 valence electrons. The Labute approximate surface area is 123 Å². The van der Waals surface area contributed by atoms with Crippen molar-refractivity contribution in [3.63, 3.8) is 0 Å². The van der Waals surface area contributed by atoms with Gasteiger partial charge in [0.2, 0.25) is 5.89 Å². The highest BCUT2D eigenvalue weighted by atomic mass is 16.5. The second-order valence-electron chi connectivity index (χ2n) is 6.44. The number of hydrogen-bond donors (Lipinski definition) is 1. The molecule has 3 rings (SSSR count). The van der Waals surface area contributed by atoms with E-state index < -0.39 is 0 Å². The maximum atomic E-state index is 12.0. The topological polar surface area (TPSA) is 64.4 Å². The van der Waals surface area contributed by atoms with Crippen molar-refractivity contribution in [2.75, 3.05) is 11.9 Å². The van der Waals surface area contributed by atoms with Crippen LogP contribution in [0.3, 0.4) is 0 Å². The third-order valence-corrected chi connectivity index (χ3v) is 3.52. The van der Waals surface area contributed by atoms with Crippen LogP contribution in [0.25, 0.3) is 11.1 Å². The van der Waals surface area contributed by atoms with Crippen molar-refractivity contribution in [3.05, 3.63) is 24.1 Å². The first-order chi connectivity index (χ1) is 9.93. The third-order valence-electron chi connectivity index (χ3n) is 3.52. The fourth-order valence-corrected chi connectivity index (χ4v) is 2.33. The van der Waals surface area contributed by atoms with E-state index in [-0.39, 0.29) is 17.4 Å². The normalized spacial score (nSPS) is 19.1. The quantitative estimate of drug-likeness (QED) is 0.921. The molecule has 1 atom stereocenters. The lowest BCUT2D eigenvalue weighted by Gasteiger charge is -2.11. The Morgan fingerprint density at radius 3 is 2.86 bits per heavy atom. The van der Waals surface area contributed by atoms with Gasteiger partial charge in [0.25, 0.3) is 5.91 Å². The molecule has 2 aromatic rings. The van der Waals surface area contributed by atoms with Gasteiger partial charge in [-0.2, -0.15) is 0 Å². The van der Waals surface area contributed by atoms with Crippen LogP contribution >= 0.6 is 0 Å². The van der Waals surface area contributed by atoms with Crippen molar-refractivity contribution in [3.8, 4) is 0 Å². The fourth-order valence-electron chi connectivity index (χ4n) is 2.33. The van der Waals surface area contributed by atoms with E-state index in [4.69, 9.17) is 9.15 Å². The molecular formula is C16H20N2O3. The molecule has 1 aromatic heterocycles. The first kappa shape index (κ1) is 14.1. The second kappa shape index (κ2) is 5.15. The molecular weight excluding hydrogens is 268 g/mol. The molecule has 0 bridgehead atoms. The molecule has 1 aliphatic rings. The molecule has 2 heterocycles. The number of amides is 1. The Kier molecular flexibility index (Phi) is 3.45. The third kappa shape index (κ3) is 2.93. The minimum Gasteiger partial charge on any atom is -0.440 e. The van der Waals surface area contributed by atoms with Crippen LogP contribution in [0, 0.1) is 0 Å². The van der Waals surface area contributed by atoms with Gasteiger partial charge < -0.3 is 14.5 Å².